The lowest BCUT2D eigenvalue weighted by molar-refractivity contribution is -0.142. The van der Waals surface area contributed by atoms with Gasteiger partial charge in [0.2, 0.25) is 11.8 Å². The predicted octanol–water partition coefficient (Wildman–Crippen LogP) is 1.48. The third-order valence-corrected chi connectivity index (χ3v) is 5.26. The smallest absolute Gasteiger partial charge is 0.227 e. The maximum atomic E-state index is 12.8. The van der Waals surface area contributed by atoms with E-state index in [2.05, 4.69) is 0 Å². The molecule has 2 amide bonds. The number of carbonyl (C=O) groups is 2. The summed E-state index contributed by atoms with van der Waals surface area (Å²) < 4.78 is 10.3. The van der Waals surface area contributed by atoms with E-state index in [0.717, 1.165) is 30.7 Å². The fraction of sp³-hybridized carbons (Fsp3) is 0.579. The van der Waals surface area contributed by atoms with Crippen LogP contribution >= 0.6 is 0 Å². The van der Waals surface area contributed by atoms with Gasteiger partial charge in [-0.25, -0.2) is 0 Å². The Morgan fingerprint density at radius 3 is 2.60 bits per heavy atom. The van der Waals surface area contributed by atoms with Crippen molar-refractivity contribution >= 4 is 11.8 Å². The van der Waals surface area contributed by atoms with Gasteiger partial charge in [-0.2, -0.15) is 0 Å². The van der Waals surface area contributed by atoms with E-state index >= 15 is 0 Å². The van der Waals surface area contributed by atoms with E-state index in [4.69, 9.17) is 9.47 Å². The number of ether oxygens (including phenoxy) is 2. The molecule has 2 aliphatic rings. The molecule has 0 unspecified atom stereocenters. The molecule has 0 aromatic heterocycles. The lowest BCUT2D eigenvalue weighted by Crippen LogP contribution is -2.54. The maximum Gasteiger partial charge on any atom is 0.227 e. The molecule has 2 heterocycles. The van der Waals surface area contributed by atoms with Crippen molar-refractivity contribution in [1.82, 2.24) is 9.80 Å². The zero-order valence-electron chi connectivity index (χ0n) is 14.9. The molecule has 0 N–H and O–H groups in total. The van der Waals surface area contributed by atoms with Crippen LogP contribution in [0, 0.1) is 0 Å². The van der Waals surface area contributed by atoms with Crippen molar-refractivity contribution in [2.45, 2.75) is 37.8 Å². The highest BCUT2D eigenvalue weighted by Gasteiger charge is 2.44. The fourth-order valence-electron chi connectivity index (χ4n) is 3.96. The van der Waals surface area contributed by atoms with Crippen LogP contribution in [0.3, 0.4) is 0 Å². The number of benzene rings is 1. The third-order valence-electron chi connectivity index (χ3n) is 5.26. The summed E-state index contributed by atoms with van der Waals surface area (Å²) in [6.07, 6.45) is 2.52. The minimum Gasteiger partial charge on any atom is -0.497 e. The summed E-state index contributed by atoms with van der Waals surface area (Å²) in [6, 6.07) is 7.89. The summed E-state index contributed by atoms with van der Waals surface area (Å²) in [5.74, 6) is 1.11. The Morgan fingerprint density at radius 2 is 1.92 bits per heavy atom. The molecule has 2 aliphatic heterocycles. The first kappa shape index (κ1) is 17.7. The highest BCUT2D eigenvalue weighted by molar-refractivity contribution is 5.81. The Balaban J connectivity index is 1.65. The van der Waals surface area contributed by atoms with Gasteiger partial charge in [0.05, 0.1) is 32.2 Å². The first-order valence-corrected chi connectivity index (χ1v) is 8.85. The van der Waals surface area contributed by atoms with Crippen molar-refractivity contribution < 1.29 is 19.1 Å². The summed E-state index contributed by atoms with van der Waals surface area (Å²) in [5, 5.41) is 0. The van der Waals surface area contributed by atoms with Crippen LogP contribution in [0.25, 0.3) is 0 Å². The second kappa shape index (κ2) is 7.87. The number of hydrogen-bond acceptors (Lipinski definition) is 4. The molecule has 6 nitrogen and oxygen atoms in total. The average molecular weight is 346 g/mol. The molecule has 6 heteroatoms. The molecule has 2 fully saturated rings. The Hall–Kier alpha value is -2.08. The number of hydrogen-bond donors (Lipinski definition) is 0. The molecule has 0 bridgehead atoms. The molecule has 2 atom stereocenters. The van der Waals surface area contributed by atoms with Gasteiger partial charge in [-0.1, -0.05) is 12.1 Å². The Morgan fingerprint density at radius 1 is 1.16 bits per heavy atom. The number of methoxy groups -OCH3 is 2. The molecular formula is C19H26N2O4. The average Bonchev–Trinajstić information content (AvgIpc) is 3.06. The standard InChI is InChI=1S/C19H26N2O4/c1-24-12-11-21-17-9-10-20(16(17)7-8-18(21)22)19(23)13-14-3-5-15(25-2)6-4-14/h3-6,16-17H,7-13H2,1-2H3/t16-,17-/m1/s1. The molecule has 0 spiro atoms. The first-order valence-electron chi connectivity index (χ1n) is 8.85. The van der Waals surface area contributed by atoms with Crippen LogP contribution in [0.5, 0.6) is 5.75 Å². The predicted molar refractivity (Wildman–Crippen MR) is 93.4 cm³/mol. The summed E-state index contributed by atoms with van der Waals surface area (Å²) in [7, 11) is 3.27. The Kier molecular flexibility index (Phi) is 5.58. The minimum absolute atomic E-state index is 0.135. The third kappa shape index (κ3) is 3.79. The second-order valence-electron chi connectivity index (χ2n) is 6.65. The number of piperidine rings is 1. The summed E-state index contributed by atoms with van der Waals surface area (Å²) in [5.41, 5.74) is 0.984. The van der Waals surface area contributed by atoms with E-state index in [-0.39, 0.29) is 23.9 Å². The van der Waals surface area contributed by atoms with Crippen LogP contribution in [-0.4, -0.2) is 67.6 Å². The number of nitrogens with zero attached hydrogens (tertiary/aromatic N) is 2. The van der Waals surface area contributed by atoms with E-state index in [0.29, 0.717) is 26.0 Å². The van der Waals surface area contributed by atoms with Gasteiger partial charge in [0.25, 0.3) is 0 Å². The van der Waals surface area contributed by atoms with Gasteiger partial charge in [0.1, 0.15) is 5.75 Å². The van der Waals surface area contributed by atoms with Gasteiger partial charge in [0, 0.05) is 26.6 Å². The van der Waals surface area contributed by atoms with Crippen LogP contribution in [0.2, 0.25) is 0 Å². The Bertz CT molecular complexity index is 616. The molecule has 136 valence electrons. The second-order valence-corrected chi connectivity index (χ2v) is 6.65. The van der Waals surface area contributed by atoms with Gasteiger partial charge in [-0.15, -0.1) is 0 Å². The summed E-state index contributed by atoms with van der Waals surface area (Å²) in [4.78, 5) is 28.9. The van der Waals surface area contributed by atoms with Gasteiger partial charge in [-0.3, -0.25) is 9.59 Å². The number of rotatable bonds is 6. The van der Waals surface area contributed by atoms with Crippen LogP contribution in [-0.2, 0) is 20.7 Å². The van der Waals surface area contributed by atoms with E-state index < -0.39 is 0 Å². The molecular weight excluding hydrogens is 320 g/mol. The number of fused-ring (bicyclic) bond motifs is 1. The molecule has 25 heavy (non-hydrogen) atoms. The molecule has 0 radical (unpaired) electrons. The van der Waals surface area contributed by atoms with Crippen molar-refractivity contribution in [2.75, 3.05) is 33.9 Å². The number of likely N-dealkylation sites (tertiary alicyclic amines) is 2. The maximum absolute atomic E-state index is 12.8. The largest absolute Gasteiger partial charge is 0.497 e. The molecule has 2 saturated heterocycles. The van der Waals surface area contributed by atoms with Gasteiger partial charge >= 0.3 is 0 Å². The van der Waals surface area contributed by atoms with E-state index in [9.17, 15) is 9.59 Å². The van der Waals surface area contributed by atoms with Crippen molar-refractivity contribution in [3.63, 3.8) is 0 Å². The first-order chi connectivity index (χ1) is 12.1. The van der Waals surface area contributed by atoms with Crippen LogP contribution < -0.4 is 4.74 Å². The zero-order valence-corrected chi connectivity index (χ0v) is 14.9. The van der Waals surface area contributed by atoms with E-state index in [1.54, 1.807) is 14.2 Å². The van der Waals surface area contributed by atoms with Crippen molar-refractivity contribution in [3.8, 4) is 5.75 Å². The lowest BCUT2D eigenvalue weighted by Gasteiger charge is -2.39. The Labute approximate surface area is 148 Å². The van der Waals surface area contributed by atoms with Gasteiger partial charge < -0.3 is 19.3 Å². The number of amides is 2. The molecule has 1 aromatic carbocycles. The van der Waals surface area contributed by atoms with Gasteiger partial charge in [-0.05, 0) is 30.5 Å². The zero-order chi connectivity index (χ0) is 17.8. The van der Waals surface area contributed by atoms with E-state index in [1.165, 1.54) is 0 Å². The topological polar surface area (TPSA) is 59.1 Å². The SMILES string of the molecule is COCCN1C(=O)CC[C@@H]2[C@H]1CCN2C(=O)Cc1ccc(OC)cc1. The van der Waals surface area contributed by atoms with Crippen molar-refractivity contribution in [1.29, 1.82) is 0 Å². The molecule has 0 aliphatic carbocycles. The molecule has 3 rings (SSSR count). The summed E-state index contributed by atoms with van der Waals surface area (Å²) >= 11 is 0. The fourth-order valence-corrected chi connectivity index (χ4v) is 3.96. The normalized spacial score (nSPS) is 22.9. The van der Waals surface area contributed by atoms with E-state index in [1.807, 2.05) is 34.1 Å². The van der Waals surface area contributed by atoms with Crippen molar-refractivity contribution in [2.24, 2.45) is 0 Å². The van der Waals surface area contributed by atoms with Crippen LogP contribution in [0.15, 0.2) is 24.3 Å². The summed E-state index contributed by atoms with van der Waals surface area (Å²) in [6.45, 7) is 1.87. The highest BCUT2D eigenvalue weighted by Crippen LogP contribution is 2.31. The minimum atomic E-state index is 0.135. The number of carbonyl (C=O) groups excluding carboxylic acids is 2. The van der Waals surface area contributed by atoms with Crippen LogP contribution in [0.1, 0.15) is 24.8 Å². The lowest BCUT2D eigenvalue weighted by atomic mass is 9.96. The van der Waals surface area contributed by atoms with Crippen LogP contribution in [0.4, 0.5) is 0 Å². The van der Waals surface area contributed by atoms with Crippen molar-refractivity contribution in [3.05, 3.63) is 29.8 Å². The molecule has 0 saturated carbocycles. The quantitative estimate of drug-likeness (QED) is 0.783. The molecule has 1 aromatic rings. The highest BCUT2D eigenvalue weighted by atomic mass is 16.5. The monoisotopic (exact) mass is 346 g/mol. The van der Waals surface area contributed by atoms with Gasteiger partial charge in [0.15, 0.2) is 0 Å².